The summed E-state index contributed by atoms with van der Waals surface area (Å²) < 4.78 is 4.13. The van der Waals surface area contributed by atoms with Gasteiger partial charge in [0.05, 0.1) is 0 Å². The van der Waals surface area contributed by atoms with Crippen LogP contribution in [0.3, 0.4) is 0 Å². The van der Waals surface area contributed by atoms with Gasteiger partial charge in [-0.15, -0.1) is 0 Å². The lowest BCUT2D eigenvalue weighted by Gasteiger charge is -2.11. The molecule has 0 N–H and O–H groups in total. The van der Waals surface area contributed by atoms with Crippen molar-refractivity contribution >= 4 is 34.0 Å². The van der Waals surface area contributed by atoms with Gasteiger partial charge in [0.1, 0.15) is 28.2 Å². The van der Waals surface area contributed by atoms with Gasteiger partial charge < -0.3 is 0 Å². The van der Waals surface area contributed by atoms with Gasteiger partial charge in [0, 0.05) is 22.0 Å². The molecule has 2 aromatic rings. The molecule has 0 radical (unpaired) electrons. The predicted octanol–water partition coefficient (Wildman–Crippen LogP) is 5.10. The van der Waals surface area contributed by atoms with Gasteiger partial charge in [0.2, 0.25) is 0 Å². The molecule has 0 aromatic heterocycles. The molecule has 0 bridgehead atoms. The second-order valence-corrected chi connectivity index (χ2v) is 8.21. The maximum absolute atomic E-state index is 2.19. The van der Waals surface area contributed by atoms with Gasteiger partial charge in [-0.25, -0.2) is 9.15 Å². The van der Waals surface area contributed by atoms with E-state index in [1.54, 1.807) is 11.8 Å². The molecular formula is C24H30N2S+2. The minimum atomic E-state index is 1.22. The maximum Gasteiger partial charge on any atom is 0.164 e. The molecule has 0 saturated carbocycles. The number of nitrogens with zero attached hydrogens (tertiary/aromatic N) is 2. The summed E-state index contributed by atoms with van der Waals surface area (Å²) in [5.74, 6) is 0. The molecule has 2 rings (SSSR count). The van der Waals surface area contributed by atoms with Crippen LogP contribution < -0.4 is 0 Å². The number of thioether (sulfide) groups is 1. The molecule has 0 aliphatic heterocycles. The molecule has 2 aromatic carbocycles. The normalized spacial score (nSPS) is 11.9. The van der Waals surface area contributed by atoms with Crippen LogP contribution in [0.25, 0.3) is 9.81 Å². The van der Waals surface area contributed by atoms with E-state index in [9.17, 15) is 0 Å². The average molecular weight is 379 g/mol. The van der Waals surface area contributed by atoms with Crippen molar-refractivity contribution in [2.45, 2.75) is 13.8 Å². The Morgan fingerprint density at radius 3 is 1.26 bits per heavy atom. The number of hydrogen-bond donors (Lipinski definition) is 0. The Bertz CT molecular complexity index is 799. The molecule has 0 saturated heterocycles. The largest absolute Gasteiger partial charge is 0.241 e. The Labute approximate surface area is 168 Å². The predicted molar refractivity (Wildman–Crippen MR) is 122 cm³/mol. The SMILES string of the molecule is Cc1ccc(/C(=C\C=[N+](C)C)S/C(=C/C=[N+](C)C)c2ccc(C)cc2)cc1. The highest BCUT2D eigenvalue weighted by Crippen LogP contribution is 2.38. The molecule has 3 heteroatoms. The summed E-state index contributed by atoms with van der Waals surface area (Å²) in [5.41, 5.74) is 5.00. The molecule has 27 heavy (non-hydrogen) atoms. The van der Waals surface area contributed by atoms with Gasteiger partial charge in [-0.05, 0) is 25.0 Å². The number of allylic oxidation sites excluding steroid dienone is 2. The molecule has 0 unspecified atom stereocenters. The van der Waals surface area contributed by atoms with Crippen molar-refractivity contribution in [3.8, 4) is 0 Å². The molecule has 140 valence electrons. The van der Waals surface area contributed by atoms with Gasteiger partial charge in [-0.3, -0.25) is 0 Å². The van der Waals surface area contributed by atoms with Crippen molar-refractivity contribution in [2.75, 3.05) is 28.2 Å². The number of aryl methyl sites for hydroxylation is 2. The standard InChI is InChI=1S/C24H30N2S/c1-19-7-11-21(12-8-19)23(15-17-25(3)4)27-24(16-18-26(5)6)22-13-9-20(2)10-14-22/h7-18H,1-6H3/q+2/b23-15+,24-16+. The molecule has 0 spiro atoms. The zero-order valence-corrected chi connectivity index (χ0v) is 18.0. The first kappa shape index (κ1) is 20.9. The van der Waals surface area contributed by atoms with Crippen LogP contribution in [0.2, 0.25) is 0 Å². The van der Waals surface area contributed by atoms with E-state index in [0.29, 0.717) is 0 Å². The van der Waals surface area contributed by atoms with E-state index in [1.165, 1.54) is 32.1 Å². The second-order valence-electron chi connectivity index (χ2n) is 7.12. The van der Waals surface area contributed by atoms with Crippen molar-refractivity contribution in [2.24, 2.45) is 0 Å². The van der Waals surface area contributed by atoms with Gasteiger partial charge in [-0.2, -0.15) is 0 Å². The fourth-order valence-electron chi connectivity index (χ4n) is 2.37. The lowest BCUT2D eigenvalue weighted by molar-refractivity contribution is -0.458. The van der Waals surface area contributed by atoms with E-state index in [4.69, 9.17) is 0 Å². The fourth-order valence-corrected chi connectivity index (χ4v) is 3.37. The van der Waals surface area contributed by atoms with E-state index in [0.717, 1.165) is 0 Å². The van der Waals surface area contributed by atoms with Crippen molar-refractivity contribution in [3.05, 3.63) is 82.9 Å². The Balaban J connectivity index is 2.48. The van der Waals surface area contributed by atoms with Crippen molar-refractivity contribution in [1.82, 2.24) is 0 Å². The third kappa shape index (κ3) is 7.03. The highest BCUT2D eigenvalue weighted by molar-refractivity contribution is 8.16. The van der Waals surface area contributed by atoms with Gasteiger partial charge in [-0.1, -0.05) is 71.4 Å². The van der Waals surface area contributed by atoms with Crippen LogP contribution in [0, 0.1) is 13.8 Å². The average Bonchev–Trinajstić information content (AvgIpc) is 2.62. The third-order valence-electron chi connectivity index (χ3n) is 3.94. The van der Waals surface area contributed by atoms with Crippen LogP contribution in [-0.2, 0) is 0 Å². The van der Waals surface area contributed by atoms with Gasteiger partial charge in [0.25, 0.3) is 0 Å². The summed E-state index contributed by atoms with van der Waals surface area (Å²) in [6.45, 7) is 4.24. The summed E-state index contributed by atoms with van der Waals surface area (Å²) in [4.78, 5) is 2.45. The van der Waals surface area contributed by atoms with Crippen LogP contribution in [0.1, 0.15) is 22.3 Å². The van der Waals surface area contributed by atoms with Crippen molar-refractivity contribution < 1.29 is 9.15 Å². The summed E-state index contributed by atoms with van der Waals surface area (Å²) in [7, 11) is 8.18. The first-order valence-corrected chi connectivity index (χ1v) is 9.92. The Kier molecular flexibility index (Phi) is 7.81. The van der Waals surface area contributed by atoms with E-state index in [2.05, 4.69) is 96.1 Å². The van der Waals surface area contributed by atoms with Gasteiger partial charge >= 0.3 is 0 Å². The molecule has 0 atom stereocenters. The minimum Gasteiger partial charge on any atom is -0.241 e. The number of benzene rings is 2. The van der Waals surface area contributed by atoms with Gasteiger partial charge in [0.15, 0.2) is 12.4 Å². The molecule has 2 nitrogen and oxygen atoms in total. The monoisotopic (exact) mass is 378 g/mol. The van der Waals surface area contributed by atoms with Crippen molar-refractivity contribution in [1.29, 1.82) is 0 Å². The van der Waals surface area contributed by atoms with E-state index in [1.807, 2.05) is 28.2 Å². The lowest BCUT2D eigenvalue weighted by Crippen LogP contribution is -1.97. The third-order valence-corrected chi connectivity index (χ3v) is 5.12. The van der Waals surface area contributed by atoms with E-state index in [-0.39, 0.29) is 0 Å². The van der Waals surface area contributed by atoms with Crippen LogP contribution in [0.5, 0.6) is 0 Å². The first-order valence-electron chi connectivity index (χ1n) is 9.10. The molecular weight excluding hydrogens is 348 g/mol. The number of rotatable bonds is 6. The second kappa shape index (κ2) is 10.1. The summed E-state index contributed by atoms with van der Waals surface area (Å²) in [6, 6.07) is 17.4. The highest BCUT2D eigenvalue weighted by atomic mass is 32.2. The van der Waals surface area contributed by atoms with Crippen LogP contribution >= 0.6 is 11.8 Å². The fraction of sp³-hybridized carbons (Fsp3) is 0.250. The minimum absolute atomic E-state index is 1.22. The lowest BCUT2D eigenvalue weighted by atomic mass is 10.1. The molecule has 0 amide bonds. The maximum atomic E-state index is 2.19. The zero-order chi connectivity index (χ0) is 19.8. The van der Waals surface area contributed by atoms with Crippen molar-refractivity contribution in [3.63, 3.8) is 0 Å². The molecule has 0 aliphatic rings. The Hall–Kier alpha value is -2.39. The Morgan fingerprint density at radius 2 is 0.963 bits per heavy atom. The summed E-state index contributed by atoms with van der Waals surface area (Å²) in [6.07, 6.45) is 8.58. The number of hydrogen-bond acceptors (Lipinski definition) is 1. The van der Waals surface area contributed by atoms with Crippen LogP contribution in [-0.4, -0.2) is 49.8 Å². The first-order chi connectivity index (χ1) is 12.8. The Morgan fingerprint density at radius 1 is 0.630 bits per heavy atom. The van der Waals surface area contributed by atoms with E-state index >= 15 is 0 Å². The highest BCUT2D eigenvalue weighted by Gasteiger charge is 2.10. The zero-order valence-electron chi connectivity index (χ0n) is 17.2. The summed E-state index contributed by atoms with van der Waals surface area (Å²) >= 11 is 1.80. The quantitative estimate of drug-likeness (QED) is 0.500. The van der Waals surface area contributed by atoms with Crippen LogP contribution in [0.4, 0.5) is 0 Å². The van der Waals surface area contributed by atoms with Crippen LogP contribution in [0.15, 0.2) is 60.7 Å². The molecule has 0 heterocycles. The topological polar surface area (TPSA) is 6.02 Å². The molecule has 0 aliphatic carbocycles. The smallest absolute Gasteiger partial charge is 0.164 e. The summed E-state index contributed by atoms with van der Waals surface area (Å²) in [5, 5.41) is 0. The van der Waals surface area contributed by atoms with E-state index < -0.39 is 0 Å². The molecule has 0 fully saturated rings.